The molecule has 0 aromatic heterocycles. The van der Waals surface area contributed by atoms with Crippen LogP contribution in [0.4, 0.5) is 5.69 Å². The molecule has 0 atom stereocenters. The molecule has 24 heavy (non-hydrogen) atoms. The van der Waals surface area contributed by atoms with Crippen LogP contribution in [0.1, 0.15) is 48.6 Å². The standard InChI is InChI=1S/C18H27NO5/c1-10-13(7-15(20)21)11(2)17(19)12(3)14(10)8-23-9-16(22)24-18(4,5)6/h7-9,19H2,1-6H3,(H,20,21). The van der Waals surface area contributed by atoms with Crippen molar-refractivity contribution in [3.05, 3.63) is 27.8 Å². The Morgan fingerprint density at radius 3 is 2.08 bits per heavy atom. The Morgan fingerprint density at radius 2 is 1.58 bits per heavy atom. The number of carbonyl (C=O) groups excluding carboxylic acids is 1. The van der Waals surface area contributed by atoms with Gasteiger partial charge in [0.25, 0.3) is 0 Å². The van der Waals surface area contributed by atoms with Gasteiger partial charge in [-0.2, -0.15) is 0 Å². The van der Waals surface area contributed by atoms with Crippen molar-refractivity contribution in [3.8, 4) is 0 Å². The molecule has 3 N–H and O–H groups in total. The van der Waals surface area contributed by atoms with Gasteiger partial charge in [-0.15, -0.1) is 0 Å². The molecular weight excluding hydrogens is 310 g/mol. The zero-order valence-corrected chi connectivity index (χ0v) is 15.3. The van der Waals surface area contributed by atoms with E-state index in [-0.39, 0.29) is 19.6 Å². The van der Waals surface area contributed by atoms with E-state index in [1.165, 1.54) is 0 Å². The monoisotopic (exact) mass is 337 g/mol. The largest absolute Gasteiger partial charge is 0.481 e. The van der Waals surface area contributed by atoms with Crippen LogP contribution in [0.5, 0.6) is 0 Å². The van der Waals surface area contributed by atoms with Crippen molar-refractivity contribution >= 4 is 17.6 Å². The number of nitrogens with two attached hydrogens (primary N) is 1. The lowest BCUT2D eigenvalue weighted by Gasteiger charge is -2.21. The first kappa shape index (κ1) is 20.0. The molecule has 6 nitrogen and oxygen atoms in total. The molecule has 0 heterocycles. The first-order valence-corrected chi connectivity index (χ1v) is 7.82. The van der Waals surface area contributed by atoms with Crippen LogP contribution in [0.3, 0.4) is 0 Å². The molecule has 0 aliphatic carbocycles. The Kier molecular flexibility index (Phi) is 6.37. The van der Waals surface area contributed by atoms with E-state index in [0.29, 0.717) is 11.3 Å². The molecule has 134 valence electrons. The van der Waals surface area contributed by atoms with E-state index in [9.17, 15) is 9.59 Å². The summed E-state index contributed by atoms with van der Waals surface area (Å²) < 4.78 is 10.7. The average molecular weight is 337 g/mol. The highest BCUT2D eigenvalue weighted by molar-refractivity contribution is 5.74. The average Bonchev–Trinajstić information content (AvgIpc) is 2.43. The number of rotatable bonds is 6. The molecule has 0 amide bonds. The summed E-state index contributed by atoms with van der Waals surface area (Å²) in [6, 6.07) is 0. The van der Waals surface area contributed by atoms with E-state index >= 15 is 0 Å². The molecule has 0 radical (unpaired) electrons. The van der Waals surface area contributed by atoms with Gasteiger partial charge in [-0.3, -0.25) is 4.79 Å². The third kappa shape index (κ3) is 5.23. The number of carbonyl (C=O) groups is 2. The van der Waals surface area contributed by atoms with Gasteiger partial charge in [0.2, 0.25) is 0 Å². The van der Waals surface area contributed by atoms with Gasteiger partial charge in [-0.25, -0.2) is 4.79 Å². The van der Waals surface area contributed by atoms with Crippen LogP contribution in [-0.2, 0) is 32.1 Å². The Bertz CT molecular complexity index is 644. The van der Waals surface area contributed by atoms with Crippen LogP contribution in [-0.4, -0.2) is 29.3 Å². The molecule has 0 aliphatic rings. The van der Waals surface area contributed by atoms with Crippen molar-refractivity contribution in [2.45, 2.75) is 60.2 Å². The second-order valence-corrected chi connectivity index (χ2v) is 6.90. The van der Waals surface area contributed by atoms with Crippen molar-refractivity contribution in [1.29, 1.82) is 0 Å². The summed E-state index contributed by atoms with van der Waals surface area (Å²) in [6.07, 6.45) is -0.0960. The van der Waals surface area contributed by atoms with Gasteiger partial charge in [-0.05, 0) is 69.4 Å². The number of benzene rings is 1. The second-order valence-electron chi connectivity index (χ2n) is 6.90. The third-order valence-electron chi connectivity index (χ3n) is 3.83. The summed E-state index contributed by atoms with van der Waals surface area (Å²) in [5, 5.41) is 9.09. The summed E-state index contributed by atoms with van der Waals surface area (Å²) in [5.41, 5.74) is 10.1. The highest BCUT2D eigenvalue weighted by Crippen LogP contribution is 2.30. The first-order valence-electron chi connectivity index (χ1n) is 7.82. The van der Waals surface area contributed by atoms with Gasteiger partial charge in [0.15, 0.2) is 0 Å². The molecule has 0 saturated carbocycles. The highest BCUT2D eigenvalue weighted by Gasteiger charge is 2.19. The van der Waals surface area contributed by atoms with Gasteiger partial charge < -0.3 is 20.3 Å². The molecule has 0 spiro atoms. The summed E-state index contributed by atoms with van der Waals surface area (Å²) in [7, 11) is 0. The number of ether oxygens (including phenoxy) is 2. The normalized spacial score (nSPS) is 11.4. The third-order valence-corrected chi connectivity index (χ3v) is 3.83. The van der Waals surface area contributed by atoms with Crippen molar-refractivity contribution in [1.82, 2.24) is 0 Å². The second kappa shape index (κ2) is 7.66. The SMILES string of the molecule is Cc1c(N)c(C)c(CC(=O)O)c(C)c1COCC(=O)OC(C)(C)C. The molecule has 0 unspecified atom stereocenters. The number of carboxylic acids is 1. The van der Waals surface area contributed by atoms with Crippen LogP contribution in [0, 0.1) is 20.8 Å². The number of aliphatic carboxylic acids is 1. The minimum Gasteiger partial charge on any atom is -0.481 e. The fourth-order valence-corrected chi connectivity index (χ4v) is 2.59. The number of carboxylic acid groups (broad SMARTS) is 1. The van der Waals surface area contributed by atoms with E-state index in [4.69, 9.17) is 20.3 Å². The van der Waals surface area contributed by atoms with Crippen LogP contribution < -0.4 is 5.73 Å². The van der Waals surface area contributed by atoms with Gasteiger partial charge in [0.1, 0.15) is 12.2 Å². The zero-order valence-electron chi connectivity index (χ0n) is 15.3. The van der Waals surface area contributed by atoms with Gasteiger partial charge in [-0.1, -0.05) is 0 Å². The lowest BCUT2D eigenvalue weighted by Crippen LogP contribution is -2.26. The molecule has 0 fully saturated rings. The van der Waals surface area contributed by atoms with Crippen LogP contribution in [0.2, 0.25) is 0 Å². The van der Waals surface area contributed by atoms with E-state index in [2.05, 4.69) is 0 Å². The highest BCUT2D eigenvalue weighted by atomic mass is 16.6. The zero-order chi connectivity index (χ0) is 18.7. The van der Waals surface area contributed by atoms with Crippen molar-refractivity contribution in [2.24, 2.45) is 0 Å². The fraction of sp³-hybridized carbons (Fsp3) is 0.556. The van der Waals surface area contributed by atoms with Gasteiger partial charge >= 0.3 is 11.9 Å². The Labute approximate surface area is 142 Å². The maximum Gasteiger partial charge on any atom is 0.332 e. The molecular formula is C18H27NO5. The van der Waals surface area contributed by atoms with E-state index in [1.54, 1.807) is 20.8 Å². The smallest absolute Gasteiger partial charge is 0.332 e. The maximum atomic E-state index is 11.7. The molecule has 1 rings (SSSR count). The molecule has 0 bridgehead atoms. The maximum absolute atomic E-state index is 11.7. The summed E-state index contributed by atoms with van der Waals surface area (Å²) in [6.45, 7) is 10.9. The first-order chi connectivity index (χ1) is 10.9. The Hall–Kier alpha value is -2.08. The summed E-state index contributed by atoms with van der Waals surface area (Å²) >= 11 is 0. The molecule has 1 aromatic rings. The lowest BCUT2D eigenvalue weighted by molar-refractivity contribution is -0.160. The molecule has 1 aromatic carbocycles. The van der Waals surface area contributed by atoms with Gasteiger partial charge in [0.05, 0.1) is 13.0 Å². The van der Waals surface area contributed by atoms with E-state index < -0.39 is 17.5 Å². The number of hydrogen-bond donors (Lipinski definition) is 2. The topological polar surface area (TPSA) is 98.9 Å². The number of esters is 1. The van der Waals surface area contributed by atoms with E-state index in [1.807, 2.05) is 20.8 Å². The predicted molar refractivity (Wildman–Crippen MR) is 91.9 cm³/mol. The predicted octanol–water partition coefficient (Wildman–Crippen LogP) is 2.68. The quantitative estimate of drug-likeness (QED) is 0.611. The van der Waals surface area contributed by atoms with Crippen LogP contribution in [0.25, 0.3) is 0 Å². The minimum absolute atomic E-state index is 0.0960. The molecule has 0 aliphatic heterocycles. The number of nitrogen functional groups attached to an aromatic ring is 1. The van der Waals surface area contributed by atoms with E-state index in [0.717, 1.165) is 22.3 Å². The van der Waals surface area contributed by atoms with Crippen LogP contribution >= 0.6 is 0 Å². The molecule has 0 saturated heterocycles. The van der Waals surface area contributed by atoms with Crippen LogP contribution in [0.15, 0.2) is 0 Å². The van der Waals surface area contributed by atoms with Crippen molar-refractivity contribution in [3.63, 3.8) is 0 Å². The Balaban J connectivity index is 2.94. The summed E-state index contributed by atoms with van der Waals surface area (Å²) in [5.74, 6) is -1.35. The summed E-state index contributed by atoms with van der Waals surface area (Å²) in [4.78, 5) is 22.8. The fourth-order valence-electron chi connectivity index (χ4n) is 2.59. The number of hydrogen-bond acceptors (Lipinski definition) is 5. The Morgan fingerprint density at radius 1 is 1.04 bits per heavy atom. The number of anilines is 1. The minimum atomic E-state index is -0.912. The van der Waals surface area contributed by atoms with Crippen molar-refractivity contribution < 1.29 is 24.2 Å². The van der Waals surface area contributed by atoms with Gasteiger partial charge in [0, 0.05) is 5.69 Å². The molecule has 6 heteroatoms. The van der Waals surface area contributed by atoms with Crippen molar-refractivity contribution in [2.75, 3.05) is 12.3 Å². The lowest BCUT2D eigenvalue weighted by atomic mass is 9.90.